The summed E-state index contributed by atoms with van der Waals surface area (Å²) in [6, 6.07) is 9.60. The van der Waals surface area contributed by atoms with Gasteiger partial charge in [0.05, 0.1) is 0 Å². The molecule has 1 saturated carbocycles. The van der Waals surface area contributed by atoms with Gasteiger partial charge in [0.1, 0.15) is 0 Å². The number of rotatable bonds is 4. The van der Waals surface area contributed by atoms with E-state index in [1.165, 1.54) is 11.1 Å². The van der Waals surface area contributed by atoms with E-state index in [1.807, 2.05) is 0 Å². The molecule has 1 heteroatoms. The maximum atomic E-state index is 3.60. The van der Waals surface area contributed by atoms with Crippen LogP contribution in [0.15, 0.2) is 24.3 Å². The third-order valence-corrected chi connectivity index (χ3v) is 5.17. The lowest BCUT2D eigenvalue weighted by atomic mass is 9.89. The monoisotopic (exact) mass is 245 g/mol. The van der Waals surface area contributed by atoms with Crippen molar-refractivity contribution in [3.05, 3.63) is 35.4 Å². The Hall–Kier alpha value is -0.820. The van der Waals surface area contributed by atoms with Crippen molar-refractivity contribution in [2.45, 2.75) is 53.0 Å². The van der Waals surface area contributed by atoms with Gasteiger partial charge in [-0.25, -0.2) is 0 Å². The highest BCUT2D eigenvalue weighted by Crippen LogP contribution is 2.68. The van der Waals surface area contributed by atoms with Gasteiger partial charge in [-0.3, -0.25) is 0 Å². The van der Waals surface area contributed by atoms with Gasteiger partial charge < -0.3 is 5.32 Å². The first kappa shape index (κ1) is 13.6. The van der Waals surface area contributed by atoms with Crippen LogP contribution in [0.1, 0.15) is 45.7 Å². The fraction of sp³-hybridized carbons (Fsp3) is 0.647. The van der Waals surface area contributed by atoms with E-state index < -0.39 is 0 Å². The average molecular weight is 245 g/mol. The molecule has 0 aliphatic heterocycles. The highest BCUT2D eigenvalue weighted by Gasteiger charge is 2.67. The molecule has 1 N–H and O–H groups in total. The SMILES string of the molecule is Cc1cccc(C2(C)C(CNC(C)C)C2(C)C)c1. The summed E-state index contributed by atoms with van der Waals surface area (Å²) in [5.41, 5.74) is 3.58. The largest absolute Gasteiger partial charge is 0.314 e. The molecule has 1 aromatic carbocycles. The predicted molar refractivity (Wildman–Crippen MR) is 78.9 cm³/mol. The molecule has 2 atom stereocenters. The summed E-state index contributed by atoms with van der Waals surface area (Å²) in [4.78, 5) is 0. The lowest BCUT2D eigenvalue weighted by molar-refractivity contribution is 0.489. The van der Waals surface area contributed by atoms with Crippen LogP contribution in [0.25, 0.3) is 0 Å². The van der Waals surface area contributed by atoms with Crippen molar-refractivity contribution in [3.8, 4) is 0 Å². The molecule has 0 aromatic heterocycles. The lowest BCUT2D eigenvalue weighted by Crippen LogP contribution is -2.27. The van der Waals surface area contributed by atoms with Crippen molar-refractivity contribution in [2.24, 2.45) is 11.3 Å². The fourth-order valence-electron chi connectivity index (χ4n) is 3.46. The molecular formula is C17H27N. The molecule has 1 fully saturated rings. The molecule has 0 heterocycles. The van der Waals surface area contributed by atoms with Gasteiger partial charge in [0.25, 0.3) is 0 Å². The minimum absolute atomic E-state index is 0.320. The Kier molecular flexibility index (Phi) is 3.31. The number of aryl methyl sites for hydroxylation is 1. The van der Waals surface area contributed by atoms with Crippen LogP contribution in [0.5, 0.6) is 0 Å². The summed E-state index contributed by atoms with van der Waals surface area (Å²) in [5.74, 6) is 0.731. The number of hydrogen-bond acceptors (Lipinski definition) is 1. The quantitative estimate of drug-likeness (QED) is 0.848. The van der Waals surface area contributed by atoms with Gasteiger partial charge in [-0.15, -0.1) is 0 Å². The molecule has 0 amide bonds. The maximum absolute atomic E-state index is 3.60. The van der Waals surface area contributed by atoms with Crippen LogP contribution in [0, 0.1) is 18.3 Å². The first-order chi connectivity index (χ1) is 8.30. The Balaban J connectivity index is 2.21. The van der Waals surface area contributed by atoms with E-state index in [0.29, 0.717) is 16.9 Å². The summed E-state index contributed by atoms with van der Waals surface area (Å²) < 4.78 is 0. The fourth-order valence-corrected chi connectivity index (χ4v) is 3.46. The second-order valence-corrected chi connectivity index (χ2v) is 6.91. The molecule has 2 unspecified atom stereocenters. The normalized spacial score (nSPS) is 29.6. The minimum Gasteiger partial charge on any atom is -0.314 e. The van der Waals surface area contributed by atoms with Crippen LogP contribution in [0.2, 0.25) is 0 Å². The van der Waals surface area contributed by atoms with Crippen LogP contribution in [0.4, 0.5) is 0 Å². The van der Waals surface area contributed by atoms with Crippen LogP contribution < -0.4 is 5.32 Å². The van der Waals surface area contributed by atoms with Crippen molar-refractivity contribution >= 4 is 0 Å². The Morgan fingerprint density at radius 3 is 2.44 bits per heavy atom. The Labute approximate surface area is 112 Å². The smallest absolute Gasteiger partial charge is 0.00251 e. The summed E-state index contributed by atoms with van der Waals surface area (Å²) in [6.45, 7) is 15.0. The number of nitrogens with one attached hydrogen (secondary N) is 1. The van der Waals surface area contributed by atoms with E-state index in [0.717, 1.165) is 12.5 Å². The molecule has 1 nitrogen and oxygen atoms in total. The van der Waals surface area contributed by atoms with Crippen LogP contribution in [-0.4, -0.2) is 12.6 Å². The van der Waals surface area contributed by atoms with Crippen molar-refractivity contribution in [1.29, 1.82) is 0 Å². The zero-order valence-electron chi connectivity index (χ0n) is 12.7. The summed E-state index contributed by atoms with van der Waals surface area (Å²) in [6.07, 6.45) is 0. The maximum Gasteiger partial charge on any atom is 0.00251 e. The number of benzene rings is 1. The topological polar surface area (TPSA) is 12.0 Å². The summed E-state index contributed by atoms with van der Waals surface area (Å²) >= 11 is 0. The van der Waals surface area contributed by atoms with Gasteiger partial charge in [0.2, 0.25) is 0 Å². The predicted octanol–water partition coefficient (Wildman–Crippen LogP) is 3.91. The zero-order valence-corrected chi connectivity index (χ0v) is 12.7. The molecule has 0 spiro atoms. The van der Waals surface area contributed by atoms with Gasteiger partial charge in [-0.1, -0.05) is 64.4 Å². The van der Waals surface area contributed by atoms with Crippen LogP contribution >= 0.6 is 0 Å². The van der Waals surface area contributed by atoms with E-state index in [2.05, 4.69) is 71.1 Å². The molecule has 0 radical (unpaired) electrons. The van der Waals surface area contributed by atoms with Crippen LogP contribution in [0.3, 0.4) is 0 Å². The van der Waals surface area contributed by atoms with Gasteiger partial charge in [-0.05, 0) is 30.4 Å². The van der Waals surface area contributed by atoms with Crippen molar-refractivity contribution in [3.63, 3.8) is 0 Å². The number of hydrogen-bond donors (Lipinski definition) is 1. The molecule has 0 saturated heterocycles. The van der Waals surface area contributed by atoms with Gasteiger partial charge in [-0.2, -0.15) is 0 Å². The molecule has 18 heavy (non-hydrogen) atoms. The second-order valence-electron chi connectivity index (χ2n) is 6.91. The second kappa shape index (κ2) is 4.38. The molecule has 1 aromatic rings. The van der Waals surface area contributed by atoms with Crippen LogP contribution in [-0.2, 0) is 5.41 Å². The Bertz CT molecular complexity index is 433. The van der Waals surface area contributed by atoms with Crippen molar-refractivity contribution < 1.29 is 0 Å². The summed E-state index contributed by atoms with van der Waals surface area (Å²) in [5, 5.41) is 3.60. The molecular weight excluding hydrogens is 218 g/mol. The van der Waals surface area contributed by atoms with E-state index in [4.69, 9.17) is 0 Å². The zero-order chi connectivity index (χ0) is 13.6. The van der Waals surface area contributed by atoms with E-state index >= 15 is 0 Å². The highest BCUT2D eigenvalue weighted by atomic mass is 14.9. The molecule has 100 valence electrons. The van der Waals surface area contributed by atoms with Crippen molar-refractivity contribution in [2.75, 3.05) is 6.54 Å². The third-order valence-electron chi connectivity index (χ3n) is 5.17. The lowest BCUT2D eigenvalue weighted by Gasteiger charge is -2.16. The van der Waals surface area contributed by atoms with E-state index in [-0.39, 0.29) is 0 Å². The molecule has 0 bridgehead atoms. The molecule has 1 aliphatic rings. The highest BCUT2D eigenvalue weighted by molar-refractivity contribution is 5.40. The van der Waals surface area contributed by atoms with Gasteiger partial charge in [0, 0.05) is 11.5 Å². The Morgan fingerprint density at radius 1 is 1.22 bits per heavy atom. The molecule has 1 aliphatic carbocycles. The Morgan fingerprint density at radius 2 is 1.89 bits per heavy atom. The molecule has 2 rings (SSSR count). The van der Waals surface area contributed by atoms with Gasteiger partial charge in [0.15, 0.2) is 0 Å². The van der Waals surface area contributed by atoms with E-state index in [1.54, 1.807) is 0 Å². The van der Waals surface area contributed by atoms with Crippen molar-refractivity contribution in [1.82, 2.24) is 5.32 Å². The minimum atomic E-state index is 0.320. The third kappa shape index (κ3) is 1.99. The average Bonchev–Trinajstić information content (AvgIpc) is 2.71. The van der Waals surface area contributed by atoms with E-state index in [9.17, 15) is 0 Å². The van der Waals surface area contributed by atoms with Gasteiger partial charge >= 0.3 is 0 Å². The summed E-state index contributed by atoms with van der Waals surface area (Å²) in [7, 11) is 0. The first-order valence-corrected chi connectivity index (χ1v) is 7.10. The first-order valence-electron chi connectivity index (χ1n) is 7.10. The standard InChI is InChI=1S/C17H27N/c1-12(2)18-11-15-16(4,5)17(15,6)14-9-7-8-13(3)10-14/h7-10,12,15,18H,11H2,1-6H3.